The molecular formula is C23H29ClFN2O6P. The van der Waals surface area contributed by atoms with Crippen LogP contribution in [0.25, 0.3) is 11.1 Å². The Morgan fingerprint density at radius 3 is 2.47 bits per heavy atom. The van der Waals surface area contributed by atoms with E-state index in [4.69, 9.17) is 26.1 Å². The van der Waals surface area contributed by atoms with Crippen molar-refractivity contribution in [1.82, 2.24) is 10.2 Å². The lowest BCUT2D eigenvalue weighted by Gasteiger charge is -2.19. The predicted octanol–water partition coefficient (Wildman–Crippen LogP) is 3.24. The molecule has 0 saturated carbocycles. The van der Waals surface area contributed by atoms with Crippen LogP contribution in [-0.2, 0) is 25.3 Å². The first-order valence-electron chi connectivity index (χ1n) is 10.6. The molecule has 0 saturated heterocycles. The molecule has 0 unspecified atom stereocenters. The fourth-order valence-corrected chi connectivity index (χ4v) is 3.90. The largest absolute Gasteiger partial charge is 0.456 e. The Hall–Kier alpha value is -2.29. The van der Waals surface area contributed by atoms with E-state index in [1.54, 1.807) is 44.4 Å². The molecule has 0 fully saturated rings. The highest BCUT2D eigenvalue weighted by atomic mass is 35.5. The number of carbonyl (C=O) groups excluding carboxylic acids is 2. The number of halogens is 2. The summed E-state index contributed by atoms with van der Waals surface area (Å²) in [7, 11) is -0.995. The second kappa shape index (κ2) is 13.0. The average molecular weight is 515 g/mol. The summed E-state index contributed by atoms with van der Waals surface area (Å²) in [5.74, 6) is -1.31. The highest BCUT2D eigenvalue weighted by Crippen LogP contribution is 2.34. The third kappa shape index (κ3) is 9.91. The first kappa shape index (κ1) is 28.0. The second-order valence-electron chi connectivity index (χ2n) is 8.07. The normalized spacial score (nSPS) is 12.3. The number of likely N-dealkylation sites (N-methyl/N-ethyl adjacent to an activating group) is 1. The molecule has 0 aliphatic rings. The number of amides is 1. The van der Waals surface area contributed by atoms with Gasteiger partial charge in [-0.25, -0.2) is 4.39 Å². The van der Waals surface area contributed by atoms with E-state index in [1.807, 2.05) is 0 Å². The molecule has 0 aliphatic carbocycles. The monoisotopic (exact) mass is 514 g/mol. The number of ether oxygens (including phenoxy) is 1. The van der Waals surface area contributed by atoms with E-state index in [9.17, 15) is 18.5 Å². The van der Waals surface area contributed by atoms with Gasteiger partial charge in [0.2, 0.25) is 0 Å². The molecule has 0 bridgehead atoms. The molecule has 11 heteroatoms. The zero-order valence-electron chi connectivity index (χ0n) is 19.0. The summed E-state index contributed by atoms with van der Waals surface area (Å²) in [6, 6.07) is 11.0. The number of nitrogens with zero attached hydrogens (tertiary/aromatic N) is 1. The van der Waals surface area contributed by atoms with Gasteiger partial charge in [0, 0.05) is 30.7 Å². The molecule has 34 heavy (non-hydrogen) atoms. The molecule has 186 valence electrons. The van der Waals surface area contributed by atoms with Crippen LogP contribution in [0.3, 0.4) is 0 Å². The summed E-state index contributed by atoms with van der Waals surface area (Å²) in [6.45, 7) is -0.0812. The predicted molar refractivity (Wildman–Crippen MR) is 128 cm³/mol. The molecule has 8 nitrogen and oxygen atoms in total. The van der Waals surface area contributed by atoms with E-state index in [1.165, 1.54) is 17.0 Å². The first-order valence-corrected chi connectivity index (χ1v) is 12.8. The number of benzene rings is 2. The summed E-state index contributed by atoms with van der Waals surface area (Å²) in [6.07, 6.45) is 0.322. The van der Waals surface area contributed by atoms with Gasteiger partial charge in [-0.3, -0.25) is 14.2 Å². The zero-order valence-corrected chi connectivity index (χ0v) is 20.7. The van der Waals surface area contributed by atoms with Crippen molar-refractivity contribution in [2.75, 3.05) is 33.4 Å². The molecule has 0 heterocycles. The van der Waals surface area contributed by atoms with Gasteiger partial charge in [0.25, 0.3) is 5.91 Å². The van der Waals surface area contributed by atoms with E-state index in [2.05, 4.69) is 5.32 Å². The molecule has 1 atom stereocenters. The zero-order chi connectivity index (χ0) is 25.3. The minimum absolute atomic E-state index is 0.0404. The summed E-state index contributed by atoms with van der Waals surface area (Å²) in [5, 5.41) is 3.55. The van der Waals surface area contributed by atoms with E-state index in [0.717, 1.165) is 5.56 Å². The van der Waals surface area contributed by atoms with Crippen molar-refractivity contribution in [3.05, 3.63) is 58.9 Å². The minimum Gasteiger partial charge on any atom is -0.456 e. The Bertz CT molecular complexity index is 1030. The van der Waals surface area contributed by atoms with Crippen LogP contribution in [0.15, 0.2) is 42.5 Å². The van der Waals surface area contributed by atoms with E-state index in [0.29, 0.717) is 22.6 Å². The van der Waals surface area contributed by atoms with Gasteiger partial charge in [-0.05, 0) is 48.7 Å². The number of esters is 1. The lowest BCUT2D eigenvalue weighted by molar-refractivity contribution is -0.151. The Morgan fingerprint density at radius 1 is 1.18 bits per heavy atom. The maximum Gasteiger partial charge on any atom is 0.325 e. The van der Waals surface area contributed by atoms with E-state index >= 15 is 0 Å². The third-order valence-electron chi connectivity index (χ3n) is 5.00. The van der Waals surface area contributed by atoms with Crippen molar-refractivity contribution >= 4 is 31.1 Å². The fraction of sp³-hybridized carbons (Fsp3) is 0.391. The summed E-state index contributed by atoms with van der Waals surface area (Å²) in [4.78, 5) is 43.3. The number of rotatable bonds is 12. The number of carbonyl (C=O) groups is 2. The SMILES string of the molecule is CN(C)C(=O)COC(=O)C[C@@H](Cc1ccc(-c2cc(Cl)ccc2F)cc1)NCCCP(=O)(O)O. The van der Waals surface area contributed by atoms with Gasteiger partial charge in [-0.15, -0.1) is 0 Å². The maximum absolute atomic E-state index is 14.1. The van der Waals surface area contributed by atoms with Crippen LogP contribution in [0.4, 0.5) is 4.39 Å². The van der Waals surface area contributed by atoms with E-state index in [-0.39, 0.29) is 38.1 Å². The van der Waals surface area contributed by atoms with Crippen LogP contribution in [0.2, 0.25) is 5.02 Å². The Balaban J connectivity index is 2.05. The van der Waals surface area contributed by atoms with Crippen LogP contribution in [0, 0.1) is 5.82 Å². The van der Waals surface area contributed by atoms with Gasteiger partial charge >= 0.3 is 13.6 Å². The van der Waals surface area contributed by atoms with Gasteiger partial charge in [-0.1, -0.05) is 35.9 Å². The van der Waals surface area contributed by atoms with Gasteiger partial charge < -0.3 is 24.7 Å². The van der Waals surface area contributed by atoms with E-state index < -0.39 is 25.4 Å². The maximum atomic E-state index is 14.1. The summed E-state index contributed by atoms with van der Waals surface area (Å²) >= 11 is 5.97. The molecule has 2 rings (SSSR count). The van der Waals surface area contributed by atoms with Crippen LogP contribution in [0.1, 0.15) is 18.4 Å². The highest BCUT2D eigenvalue weighted by Gasteiger charge is 2.18. The molecule has 1 amide bonds. The number of hydrogen-bond donors (Lipinski definition) is 3. The summed E-state index contributed by atoms with van der Waals surface area (Å²) < 4.78 is 30.3. The van der Waals surface area contributed by atoms with Crippen LogP contribution >= 0.6 is 19.2 Å². The Kier molecular flexibility index (Phi) is 10.7. The minimum atomic E-state index is -4.11. The van der Waals surface area contributed by atoms with Crippen molar-refractivity contribution in [2.24, 2.45) is 0 Å². The van der Waals surface area contributed by atoms with Crippen molar-refractivity contribution < 1.29 is 33.1 Å². The molecule has 2 aromatic carbocycles. The summed E-state index contributed by atoms with van der Waals surface area (Å²) in [5.41, 5.74) is 1.88. The third-order valence-corrected chi connectivity index (χ3v) is 6.14. The molecular weight excluding hydrogens is 486 g/mol. The first-order chi connectivity index (χ1) is 15.9. The molecule has 0 aliphatic heterocycles. The van der Waals surface area contributed by atoms with Gasteiger partial charge in [0.15, 0.2) is 6.61 Å². The van der Waals surface area contributed by atoms with Crippen LogP contribution < -0.4 is 5.32 Å². The van der Waals surface area contributed by atoms with Crippen molar-refractivity contribution in [2.45, 2.75) is 25.3 Å². The molecule has 0 radical (unpaired) electrons. The van der Waals surface area contributed by atoms with Crippen LogP contribution in [0.5, 0.6) is 0 Å². The van der Waals surface area contributed by atoms with Crippen molar-refractivity contribution in [3.8, 4) is 11.1 Å². The topological polar surface area (TPSA) is 116 Å². The second-order valence-corrected chi connectivity index (χ2v) is 10.3. The van der Waals surface area contributed by atoms with Gasteiger partial charge in [0.05, 0.1) is 12.6 Å². The number of nitrogens with one attached hydrogen (secondary N) is 1. The molecule has 0 aromatic heterocycles. The van der Waals surface area contributed by atoms with Crippen molar-refractivity contribution in [1.29, 1.82) is 0 Å². The lowest BCUT2D eigenvalue weighted by atomic mass is 9.99. The van der Waals surface area contributed by atoms with Gasteiger partial charge in [0.1, 0.15) is 5.82 Å². The standard InChI is InChI=1S/C23H29ClFN2O6P/c1-27(2)22(28)15-33-23(29)14-19(26-10-3-11-34(30,31)32)12-16-4-6-17(7-5-16)20-13-18(24)8-9-21(20)25/h4-9,13,19,26H,3,10-12,14-15H2,1-2H3,(H2,30,31,32)/t19-/m1/s1. The molecule has 0 spiro atoms. The lowest BCUT2D eigenvalue weighted by Crippen LogP contribution is -2.36. The van der Waals surface area contributed by atoms with Gasteiger partial charge in [-0.2, -0.15) is 0 Å². The van der Waals surface area contributed by atoms with Crippen LogP contribution in [-0.4, -0.2) is 66.0 Å². The average Bonchev–Trinajstić information content (AvgIpc) is 2.76. The molecule has 2 aromatic rings. The molecule has 3 N–H and O–H groups in total. The Morgan fingerprint density at radius 2 is 1.85 bits per heavy atom. The smallest absolute Gasteiger partial charge is 0.325 e. The Labute approximate surface area is 203 Å². The number of hydrogen-bond acceptors (Lipinski definition) is 5. The van der Waals surface area contributed by atoms with Crippen molar-refractivity contribution in [3.63, 3.8) is 0 Å². The highest BCUT2D eigenvalue weighted by molar-refractivity contribution is 7.51. The quantitative estimate of drug-likeness (QED) is 0.226. The fourth-order valence-electron chi connectivity index (χ4n) is 3.16.